The molecule has 0 aromatic heterocycles. The van der Waals surface area contributed by atoms with Crippen LogP contribution in [0.15, 0.2) is 78.9 Å². The van der Waals surface area contributed by atoms with E-state index in [1.807, 2.05) is 72.8 Å². The minimum atomic E-state index is -0.718. The minimum absolute atomic E-state index is 0.345. The van der Waals surface area contributed by atoms with Crippen molar-refractivity contribution in [3.05, 3.63) is 112 Å². The SMILES string of the molecule is COc1cc(OC)c2c(c1)[C@@H]1C(=O)O[C@@H](c3cc(OC)cc(OC)c31)[C@@H]2c1ccc(OCc2ccccc2)cc1. The van der Waals surface area contributed by atoms with Crippen molar-refractivity contribution in [2.24, 2.45) is 0 Å². The van der Waals surface area contributed by atoms with Crippen molar-refractivity contribution in [2.45, 2.75) is 24.5 Å². The van der Waals surface area contributed by atoms with Gasteiger partial charge in [-0.2, -0.15) is 0 Å². The molecule has 0 saturated carbocycles. The van der Waals surface area contributed by atoms with E-state index >= 15 is 0 Å². The van der Waals surface area contributed by atoms with Crippen LogP contribution in [0.2, 0.25) is 0 Å². The van der Waals surface area contributed by atoms with E-state index in [4.69, 9.17) is 28.4 Å². The molecule has 4 aromatic carbocycles. The van der Waals surface area contributed by atoms with Gasteiger partial charge in [-0.3, -0.25) is 4.79 Å². The second-order valence-corrected chi connectivity index (χ2v) is 9.78. The van der Waals surface area contributed by atoms with Crippen LogP contribution in [-0.4, -0.2) is 34.4 Å². The van der Waals surface area contributed by atoms with E-state index in [2.05, 4.69) is 0 Å². The molecule has 0 spiro atoms. The second-order valence-electron chi connectivity index (χ2n) is 9.78. The predicted octanol–water partition coefficient (Wildman–Crippen LogP) is 6.18. The van der Waals surface area contributed by atoms with Crippen molar-refractivity contribution in [3.63, 3.8) is 0 Å². The quantitative estimate of drug-likeness (QED) is 0.248. The zero-order chi connectivity index (χ0) is 27.8. The third-order valence-corrected chi connectivity index (χ3v) is 7.69. The topological polar surface area (TPSA) is 72.5 Å². The first-order valence-corrected chi connectivity index (χ1v) is 13.0. The molecule has 0 N–H and O–H groups in total. The molecule has 7 heteroatoms. The number of hydrogen-bond acceptors (Lipinski definition) is 7. The fourth-order valence-electron chi connectivity index (χ4n) is 5.84. The van der Waals surface area contributed by atoms with Crippen molar-refractivity contribution >= 4 is 5.97 Å². The van der Waals surface area contributed by atoms with Crippen molar-refractivity contribution < 1.29 is 33.2 Å². The van der Waals surface area contributed by atoms with Crippen LogP contribution in [0.1, 0.15) is 51.3 Å². The highest BCUT2D eigenvalue weighted by molar-refractivity contribution is 5.89. The van der Waals surface area contributed by atoms with Gasteiger partial charge in [0.15, 0.2) is 0 Å². The average molecular weight is 539 g/mol. The maximum absolute atomic E-state index is 13.7. The van der Waals surface area contributed by atoms with E-state index in [0.29, 0.717) is 29.6 Å². The summed E-state index contributed by atoms with van der Waals surface area (Å²) in [6, 6.07) is 25.4. The van der Waals surface area contributed by atoms with Crippen molar-refractivity contribution in [3.8, 4) is 28.7 Å². The second kappa shape index (κ2) is 10.5. The van der Waals surface area contributed by atoms with Crippen LogP contribution in [0, 0.1) is 0 Å². The maximum atomic E-state index is 13.7. The Labute approximate surface area is 233 Å². The Morgan fingerprint density at radius 2 is 1.30 bits per heavy atom. The highest BCUT2D eigenvalue weighted by Gasteiger charge is 2.49. The third-order valence-electron chi connectivity index (χ3n) is 7.69. The molecular formula is C33H30O7. The maximum Gasteiger partial charge on any atom is 0.318 e. The van der Waals surface area contributed by atoms with Gasteiger partial charge >= 0.3 is 5.97 Å². The molecule has 3 atom stereocenters. The molecule has 7 nitrogen and oxygen atoms in total. The number of carbonyl (C=O) groups is 1. The van der Waals surface area contributed by atoms with Gasteiger partial charge < -0.3 is 28.4 Å². The van der Waals surface area contributed by atoms with Gasteiger partial charge in [0.25, 0.3) is 0 Å². The number of hydrogen-bond donors (Lipinski definition) is 0. The fourth-order valence-corrected chi connectivity index (χ4v) is 5.84. The number of esters is 1. The van der Waals surface area contributed by atoms with Gasteiger partial charge in [0.2, 0.25) is 0 Å². The minimum Gasteiger partial charge on any atom is -0.497 e. The first-order chi connectivity index (χ1) is 19.6. The summed E-state index contributed by atoms with van der Waals surface area (Å²) in [5, 5.41) is 0. The van der Waals surface area contributed by atoms with E-state index in [0.717, 1.165) is 39.1 Å². The molecule has 1 heterocycles. The summed E-state index contributed by atoms with van der Waals surface area (Å²) < 4.78 is 35.2. The number of benzene rings is 4. The third kappa shape index (κ3) is 4.28. The molecule has 40 heavy (non-hydrogen) atoms. The van der Waals surface area contributed by atoms with E-state index in [1.54, 1.807) is 34.5 Å². The monoisotopic (exact) mass is 538 g/mol. The van der Waals surface area contributed by atoms with E-state index in [-0.39, 0.29) is 11.9 Å². The smallest absolute Gasteiger partial charge is 0.318 e. The van der Waals surface area contributed by atoms with Gasteiger partial charge in [-0.25, -0.2) is 0 Å². The van der Waals surface area contributed by atoms with Crippen molar-refractivity contribution in [1.82, 2.24) is 0 Å². The van der Waals surface area contributed by atoms with Crippen LogP contribution in [0.4, 0.5) is 0 Å². The van der Waals surface area contributed by atoms with Crippen molar-refractivity contribution in [2.75, 3.05) is 28.4 Å². The molecule has 6 rings (SSSR count). The zero-order valence-electron chi connectivity index (χ0n) is 22.8. The van der Waals surface area contributed by atoms with Gasteiger partial charge in [-0.05, 0) is 41.0 Å². The normalized spacial score (nSPS) is 18.6. The van der Waals surface area contributed by atoms with Crippen LogP contribution in [-0.2, 0) is 16.1 Å². The molecule has 2 aliphatic rings. The summed E-state index contributed by atoms with van der Waals surface area (Å²) in [6.07, 6.45) is -0.637. The van der Waals surface area contributed by atoms with Crippen LogP contribution in [0.5, 0.6) is 28.7 Å². The predicted molar refractivity (Wildman–Crippen MR) is 149 cm³/mol. The molecule has 204 valence electrons. The molecule has 2 bridgehead atoms. The summed E-state index contributed by atoms with van der Waals surface area (Å²) in [6.45, 7) is 0.467. The Bertz CT molecular complexity index is 1550. The number of rotatable bonds is 8. The molecule has 4 aromatic rings. The van der Waals surface area contributed by atoms with Crippen LogP contribution >= 0.6 is 0 Å². The summed E-state index contributed by atoms with van der Waals surface area (Å²) in [4.78, 5) is 13.7. The number of methoxy groups -OCH3 is 4. The number of ether oxygens (including phenoxy) is 6. The standard InChI is InChI=1S/C33H30O7/c1-35-22-14-24-29(26(16-22)37-3)28(20-10-12-21(13-11-20)39-18-19-8-6-5-7-9-19)32-25-15-23(36-2)17-27(38-4)30(25)31(24)33(34)40-32/h5-17,28,31-32H,18H2,1-4H3/t28-,31+,32+/m1/s1. The fraction of sp³-hybridized carbons (Fsp3) is 0.242. The lowest BCUT2D eigenvalue weighted by atomic mass is 9.82. The lowest BCUT2D eigenvalue weighted by molar-refractivity contribution is -0.152. The molecule has 0 radical (unpaired) electrons. The first-order valence-electron chi connectivity index (χ1n) is 13.0. The lowest BCUT2D eigenvalue weighted by Crippen LogP contribution is -2.27. The molecule has 0 saturated heterocycles. The number of fused-ring (bicyclic) bond motifs is 2. The van der Waals surface area contributed by atoms with Crippen LogP contribution in [0.25, 0.3) is 0 Å². The van der Waals surface area contributed by atoms with E-state index in [1.165, 1.54) is 0 Å². The summed E-state index contributed by atoms with van der Waals surface area (Å²) in [7, 11) is 6.42. The van der Waals surface area contributed by atoms with E-state index < -0.39 is 12.0 Å². The van der Waals surface area contributed by atoms with Gasteiger partial charge in [0.1, 0.15) is 47.4 Å². The average Bonchev–Trinajstić information content (AvgIpc) is 3.20. The lowest BCUT2D eigenvalue weighted by Gasteiger charge is -2.32. The van der Waals surface area contributed by atoms with Gasteiger partial charge in [-0.15, -0.1) is 0 Å². The Balaban J connectivity index is 1.51. The zero-order valence-corrected chi connectivity index (χ0v) is 22.8. The van der Waals surface area contributed by atoms with Crippen LogP contribution < -0.4 is 23.7 Å². The Morgan fingerprint density at radius 3 is 1.93 bits per heavy atom. The highest BCUT2D eigenvalue weighted by atomic mass is 16.5. The van der Waals surface area contributed by atoms with Gasteiger partial charge in [-0.1, -0.05) is 42.5 Å². The van der Waals surface area contributed by atoms with Crippen LogP contribution in [0.3, 0.4) is 0 Å². The van der Waals surface area contributed by atoms with Crippen molar-refractivity contribution in [1.29, 1.82) is 0 Å². The largest absolute Gasteiger partial charge is 0.497 e. The molecule has 0 fully saturated rings. The summed E-state index contributed by atoms with van der Waals surface area (Å²) in [5.41, 5.74) is 5.29. The molecule has 0 unspecified atom stereocenters. The number of carbonyl (C=O) groups excluding carboxylic acids is 1. The molecule has 0 amide bonds. The Kier molecular flexibility index (Phi) is 6.72. The van der Waals surface area contributed by atoms with Gasteiger partial charge in [0.05, 0.1) is 34.4 Å². The van der Waals surface area contributed by atoms with Gasteiger partial charge in [0, 0.05) is 28.8 Å². The first kappa shape index (κ1) is 25.6. The Morgan fingerprint density at radius 1 is 0.675 bits per heavy atom. The summed E-state index contributed by atoms with van der Waals surface area (Å²) in [5.74, 6) is 1.71. The summed E-state index contributed by atoms with van der Waals surface area (Å²) >= 11 is 0. The van der Waals surface area contributed by atoms with E-state index in [9.17, 15) is 4.79 Å². The molecule has 1 aliphatic carbocycles. The molecule has 1 aliphatic heterocycles. The molecular weight excluding hydrogens is 508 g/mol. The Hall–Kier alpha value is -4.65. The highest BCUT2D eigenvalue weighted by Crippen LogP contribution is 2.58.